The Bertz CT molecular complexity index is 487. The number of nitrogens with two attached hydrogens (primary N) is 1. The van der Waals surface area contributed by atoms with Gasteiger partial charge in [-0.15, -0.1) is 11.8 Å². The largest absolute Gasteiger partial charge is 0.393 e. The van der Waals surface area contributed by atoms with Crippen LogP contribution in [0, 0.1) is 5.92 Å². The number of hydrogen-bond donors (Lipinski definition) is 2. The van der Waals surface area contributed by atoms with E-state index in [1.54, 1.807) is 11.8 Å². The van der Waals surface area contributed by atoms with E-state index in [0.29, 0.717) is 10.9 Å². The van der Waals surface area contributed by atoms with Crippen LogP contribution in [-0.4, -0.2) is 35.5 Å². The Hall–Kier alpha value is -0.780. The quantitative estimate of drug-likeness (QED) is 0.625. The third kappa shape index (κ3) is 3.45. The molecule has 0 atom stereocenters. The predicted molar refractivity (Wildman–Crippen MR) is 90.7 cm³/mol. The molecule has 0 saturated heterocycles. The lowest BCUT2D eigenvalue weighted by atomic mass is 9.82. The van der Waals surface area contributed by atoms with Gasteiger partial charge in [0.2, 0.25) is 0 Å². The second kappa shape index (κ2) is 6.78. The summed E-state index contributed by atoms with van der Waals surface area (Å²) >= 11 is 7.01. The Kier molecular flexibility index (Phi) is 5.29. The van der Waals surface area contributed by atoms with Crippen LogP contribution < -0.4 is 10.6 Å². The molecule has 0 bridgehead atoms. The van der Waals surface area contributed by atoms with Crippen molar-refractivity contribution in [1.82, 2.24) is 0 Å². The molecule has 0 aromatic heterocycles. The van der Waals surface area contributed by atoms with Gasteiger partial charge in [0.05, 0.1) is 6.10 Å². The Balaban J connectivity index is 2.20. The lowest BCUT2D eigenvalue weighted by Gasteiger charge is -2.36. The fraction of sp³-hybridized carbons (Fsp3) is 0.533. The van der Waals surface area contributed by atoms with Crippen LogP contribution in [0.5, 0.6) is 0 Å². The minimum atomic E-state index is -0.106. The molecule has 2 rings (SSSR count). The maximum atomic E-state index is 9.40. The highest BCUT2D eigenvalue weighted by atomic mass is 32.2. The summed E-state index contributed by atoms with van der Waals surface area (Å²) in [6.07, 6.45) is 1.69. The van der Waals surface area contributed by atoms with Gasteiger partial charge in [-0.1, -0.05) is 25.2 Å². The van der Waals surface area contributed by atoms with Crippen molar-refractivity contribution >= 4 is 34.7 Å². The molecule has 20 heavy (non-hydrogen) atoms. The van der Waals surface area contributed by atoms with Gasteiger partial charge in [-0.3, -0.25) is 0 Å². The fourth-order valence-corrected chi connectivity index (χ4v) is 3.82. The zero-order valence-corrected chi connectivity index (χ0v) is 13.6. The molecule has 0 amide bonds. The summed E-state index contributed by atoms with van der Waals surface area (Å²) in [5.41, 5.74) is 8.01. The molecule has 0 aliphatic heterocycles. The second-order valence-electron chi connectivity index (χ2n) is 5.32. The van der Waals surface area contributed by atoms with Crippen molar-refractivity contribution in [2.75, 3.05) is 24.2 Å². The number of aliphatic hydroxyl groups is 1. The highest BCUT2D eigenvalue weighted by Crippen LogP contribution is 2.33. The molecular weight excluding hydrogens is 288 g/mol. The standard InChI is InChI=1S/C15H22N2OS2/c1-3-20-13-6-4-5-12(14(13)15(16)19)17(2)9-10-7-11(18)8-10/h4-6,10-11,18H,3,7-9H2,1-2H3,(H2,16,19). The van der Waals surface area contributed by atoms with Gasteiger partial charge in [0, 0.05) is 29.7 Å². The van der Waals surface area contributed by atoms with Gasteiger partial charge in [0.15, 0.2) is 0 Å². The number of nitrogens with zero attached hydrogens (tertiary/aromatic N) is 1. The molecule has 0 spiro atoms. The smallest absolute Gasteiger partial charge is 0.107 e. The molecule has 1 aliphatic rings. The predicted octanol–water partition coefficient (Wildman–Crippen LogP) is 2.64. The molecule has 0 radical (unpaired) electrons. The van der Waals surface area contributed by atoms with Crippen molar-refractivity contribution in [1.29, 1.82) is 0 Å². The molecule has 1 saturated carbocycles. The van der Waals surface area contributed by atoms with Crippen molar-refractivity contribution in [3.05, 3.63) is 23.8 Å². The van der Waals surface area contributed by atoms with E-state index in [-0.39, 0.29) is 6.10 Å². The van der Waals surface area contributed by atoms with Gasteiger partial charge >= 0.3 is 0 Å². The van der Waals surface area contributed by atoms with Gasteiger partial charge in [0.25, 0.3) is 0 Å². The molecule has 0 unspecified atom stereocenters. The van der Waals surface area contributed by atoms with Crippen LogP contribution in [0.1, 0.15) is 25.3 Å². The van der Waals surface area contributed by atoms with E-state index in [9.17, 15) is 5.11 Å². The monoisotopic (exact) mass is 310 g/mol. The van der Waals surface area contributed by atoms with Gasteiger partial charge in [-0.05, 0) is 36.6 Å². The van der Waals surface area contributed by atoms with Gasteiger partial charge in [-0.25, -0.2) is 0 Å². The van der Waals surface area contributed by atoms with E-state index in [4.69, 9.17) is 18.0 Å². The Morgan fingerprint density at radius 1 is 1.50 bits per heavy atom. The lowest BCUT2D eigenvalue weighted by Crippen LogP contribution is -2.37. The van der Waals surface area contributed by atoms with Crippen molar-refractivity contribution in [2.24, 2.45) is 11.7 Å². The molecule has 1 fully saturated rings. The first-order chi connectivity index (χ1) is 9.52. The summed E-state index contributed by atoms with van der Waals surface area (Å²) in [7, 11) is 2.07. The average Bonchev–Trinajstić information content (AvgIpc) is 2.36. The zero-order chi connectivity index (χ0) is 14.7. The third-order valence-corrected chi connectivity index (χ3v) is 4.85. The minimum Gasteiger partial charge on any atom is -0.393 e. The van der Waals surface area contributed by atoms with Crippen LogP contribution in [0.4, 0.5) is 5.69 Å². The van der Waals surface area contributed by atoms with E-state index < -0.39 is 0 Å². The van der Waals surface area contributed by atoms with E-state index in [1.807, 2.05) is 0 Å². The number of aliphatic hydroxyl groups excluding tert-OH is 1. The average molecular weight is 310 g/mol. The summed E-state index contributed by atoms with van der Waals surface area (Å²) in [6.45, 7) is 3.06. The summed E-state index contributed by atoms with van der Waals surface area (Å²) in [4.78, 5) is 3.82. The number of benzene rings is 1. The first kappa shape index (κ1) is 15.6. The lowest BCUT2D eigenvalue weighted by molar-refractivity contribution is 0.0465. The van der Waals surface area contributed by atoms with Crippen molar-refractivity contribution < 1.29 is 5.11 Å². The van der Waals surface area contributed by atoms with Gasteiger partial charge in [-0.2, -0.15) is 0 Å². The van der Waals surface area contributed by atoms with E-state index in [2.05, 4.69) is 37.1 Å². The number of rotatable bonds is 6. The summed E-state index contributed by atoms with van der Waals surface area (Å²) < 4.78 is 0. The fourth-order valence-electron chi connectivity index (χ4n) is 2.70. The third-order valence-electron chi connectivity index (χ3n) is 3.70. The molecule has 110 valence electrons. The normalized spacial score (nSPS) is 21.4. The maximum Gasteiger partial charge on any atom is 0.107 e. The van der Waals surface area contributed by atoms with E-state index >= 15 is 0 Å². The highest BCUT2D eigenvalue weighted by molar-refractivity contribution is 7.99. The number of anilines is 1. The van der Waals surface area contributed by atoms with E-state index in [0.717, 1.165) is 41.3 Å². The zero-order valence-electron chi connectivity index (χ0n) is 12.0. The minimum absolute atomic E-state index is 0.106. The van der Waals surface area contributed by atoms with Crippen LogP contribution in [0.3, 0.4) is 0 Å². The number of thioether (sulfide) groups is 1. The molecule has 0 heterocycles. The SMILES string of the molecule is CCSc1cccc(N(C)CC2CC(O)C2)c1C(N)=S. The first-order valence-corrected chi connectivity index (χ1v) is 8.37. The van der Waals surface area contributed by atoms with Crippen molar-refractivity contribution in [3.63, 3.8) is 0 Å². The molecule has 3 nitrogen and oxygen atoms in total. The second-order valence-corrected chi connectivity index (χ2v) is 7.06. The molecule has 1 aromatic rings. The van der Waals surface area contributed by atoms with Crippen LogP contribution in [-0.2, 0) is 0 Å². The summed E-state index contributed by atoms with van der Waals surface area (Å²) in [5, 5.41) is 9.40. The Morgan fingerprint density at radius 2 is 2.20 bits per heavy atom. The summed E-state index contributed by atoms with van der Waals surface area (Å²) in [5.74, 6) is 1.56. The van der Waals surface area contributed by atoms with Gasteiger partial charge < -0.3 is 15.7 Å². The van der Waals surface area contributed by atoms with Crippen LogP contribution in [0.15, 0.2) is 23.1 Å². The first-order valence-electron chi connectivity index (χ1n) is 6.97. The van der Waals surface area contributed by atoms with Crippen LogP contribution >= 0.6 is 24.0 Å². The topological polar surface area (TPSA) is 49.5 Å². The number of hydrogen-bond acceptors (Lipinski definition) is 4. The maximum absolute atomic E-state index is 9.40. The summed E-state index contributed by atoms with van der Waals surface area (Å²) in [6, 6.07) is 6.21. The highest BCUT2D eigenvalue weighted by Gasteiger charge is 2.28. The molecule has 5 heteroatoms. The number of thiocarbonyl (C=S) groups is 1. The molecule has 3 N–H and O–H groups in total. The molecule has 1 aromatic carbocycles. The van der Waals surface area contributed by atoms with E-state index in [1.165, 1.54) is 0 Å². The molecular formula is C15H22N2OS2. The van der Waals surface area contributed by atoms with Crippen molar-refractivity contribution in [3.8, 4) is 0 Å². The van der Waals surface area contributed by atoms with Crippen LogP contribution in [0.2, 0.25) is 0 Å². The van der Waals surface area contributed by atoms with Crippen molar-refractivity contribution in [2.45, 2.75) is 30.8 Å². The Labute approximate surface area is 130 Å². The molecule has 1 aliphatic carbocycles. The van der Waals surface area contributed by atoms with Crippen LogP contribution in [0.25, 0.3) is 0 Å². The Morgan fingerprint density at radius 3 is 2.75 bits per heavy atom. The van der Waals surface area contributed by atoms with Gasteiger partial charge in [0.1, 0.15) is 4.99 Å².